The molecule has 15 heavy (non-hydrogen) atoms. The van der Waals surface area contributed by atoms with Crippen LogP contribution in [0.4, 0.5) is 0 Å². The monoisotopic (exact) mass is 211 g/mol. The predicted molar refractivity (Wildman–Crippen MR) is 49.6 cm³/mol. The van der Waals surface area contributed by atoms with Gasteiger partial charge in [-0.15, -0.1) is 0 Å². The van der Waals surface area contributed by atoms with Gasteiger partial charge in [0.05, 0.1) is 11.9 Å². The minimum atomic E-state index is -1.16. The minimum absolute atomic E-state index is 0.0243. The molecule has 1 aromatic rings. The van der Waals surface area contributed by atoms with Crippen molar-refractivity contribution in [3.63, 3.8) is 0 Å². The van der Waals surface area contributed by atoms with Gasteiger partial charge in [0.1, 0.15) is 12.2 Å². The van der Waals surface area contributed by atoms with Crippen molar-refractivity contribution in [3.05, 3.63) is 27.9 Å². The zero-order chi connectivity index (χ0) is 11.4. The Morgan fingerprint density at radius 3 is 2.87 bits per heavy atom. The molecule has 0 aromatic carbocycles. The van der Waals surface area contributed by atoms with Crippen molar-refractivity contribution < 1.29 is 14.7 Å². The highest BCUT2D eigenvalue weighted by molar-refractivity contribution is 5.94. The lowest BCUT2D eigenvalue weighted by atomic mass is 10.3. The number of aromatic amines is 1. The smallest absolute Gasteiger partial charge is 0.322 e. The van der Waals surface area contributed by atoms with Gasteiger partial charge in [-0.2, -0.15) is 0 Å². The molecule has 0 aliphatic heterocycles. The van der Waals surface area contributed by atoms with Crippen molar-refractivity contribution >= 4 is 11.9 Å². The third-order valence-corrected chi connectivity index (χ3v) is 1.61. The number of carbonyl (C=O) groups excluding carboxylic acids is 1. The number of hydrogen-bond acceptors (Lipinski definition) is 4. The van der Waals surface area contributed by atoms with Crippen molar-refractivity contribution in [1.29, 1.82) is 0 Å². The summed E-state index contributed by atoms with van der Waals surface area (Å²) in [5.74, 6) is -1.83. The van der Waals surface area contributed by atoms with Gasteiger partial charge in [0.2, 0.25) is 0 Å². The molecule has 0 saturated heterocycles. The van der Waals surface area contributed by atoms with Crippen LogP contribution in [0.15, 0.2) is 11.0 Å². The summed E-state index contributed by atoms with van der Waals surface area (Å²) < 4.78 is 0. The van der Waals surface area contributed by atoms with E-state index < -0.39 is 24.0 Å². The first-order chi connectivity index (χ1) is 7.00. The van der Waals surface area contributed by atoms with Crippen LogP contribution in [0.25, 0.3) is 0 Å². The molecule has 0 unspecified atom stereocenters. The van der Waals surface area contributed by atoms with Crippen LogP contribution in [0.1, 0.15) is 16.2 Å². The number of aryl methyl sites for hydroxylation is 1. The Bertz CT molecular complexity index is 451. The number of hydrogen-bond donors (Lipinski definition) is 3. The van der Waals surface area contributed by atoms with Crippen LogP contribution in [-0.4, -0.2) is 33.5 Å². The highest BCUT2D eigenvalue weighted by Gasteiger charge is 2.11. The summed E-state index contributed by atoms with van der Waals surface area (Å²) in [5.41, 5.74) is -0.206. The molecule has 1 aromatic heterocycles. The van der Waals surface area contributed by atoms with E-state index in [-0.39, 0.29) is 5.69 Å². The average molecular weight is 211 g/mol. The molecule has 0 aliphatic rings. The Hall–Kier alpha value is -2.18. The Morgan fingerprint density at radius 2 is 2.27 bits per heavy atom. The number of amides is 1. The van der Waals surface area contributed by atoms with Gasteiger partial charge in [-0.25, -0.2) is 0 Å². The summed E-state index contributed by atoms with van der Waals surface area (Å²) in [6.07, 6.45) is 1.04. The van der Waals surface area contributed by atoms with E-state index in [1.54, 1.807) is 0 Å². The molecule has 7 heteroatoms. The quantitative estimate of drug-likeness (QED) is 0.587. The molecular formula is C8H9N3O4. The molecule has 3 N–H and O–H groups in total. The maximum Gasteiger partial charge on any atom is 0.322 e. The number of nitrogens with zero attached hydrogens (tertiary/aromatic N) is 1. The van der Waals surface area contributed by atoms with Crippen molar-refractivity contribution in [1.82, 2.24) is 15.3 Å². The standard InChI is InChI=1S/C8H9N3O4/c1-4-7(11-5(12)2-9-4)8(15)10-3-6(13)14/h2H,3H2,1H3,(H,10,15)(H,11,12)(H,13,14). The molecular weight excluding hydrogens is 202 g/mol. The molecule has 0 spiro atoms. The third-order valence-electron chi connectivity index (χ3n) is 1.61. The van der Waals surface area contributed by atoms with E-state index in [2.05, 4.69) is 15.3 Å². The number of carboxylic acids is 1. The van der Waals surface area contributed by atoms with E-state index in [1.165, 1.54) is 6.92 Å². The van der Waals surface area contributed by atoms with E-state index in [9.17, 15) is 14.4 Å². The van der Waals surface area contributed by atoms with Crippen LogP contribution in [0.5, 0.6) is 0 Å². The fourth-order valence-electron chi connectivity index (χ4n) is 0.931. The van der Waals surface area contributed by atoms with E-state index in [0.29, 0.717) is 5.69 Å². The number of carboxylic acid groups (broad SMARTS) is 1. The molecule has 7 nitrogen and oxygen atoms in total. The van der Waals surface area contributed by atoms with Crippen LogP contribution in [0.2, 0.25) is 0 Å². The topological polar surface area (TPSA) is 112 Å². The van der Waals surface area contributed by atoms with Crippen LogP contribution in [-0.2, 0) is 4.79 Å². The molecule has 0 bridgehead atoms. The zero-order valence-corrected chi connectivity index (χ0v) is 7.90. The first-order valence-electron chi connectivity index (χ1n) is 4.06. The van der Waals surface area contributed by atoms with Gasteiger partial charge in [-0.1, -0.05) is 0 Å². The molecule has 0 fully saturated rings. The zero-order valence-electron chi connectivity index (χ0n) is 7.90. The second kappa shape index (κ2) is 4.36. The summed E-state index contributed by atoms with van der Waals surface area (Å²) in [4.78, 5) is 38.3. The maximum atomic E-state index is 11.3. The van der Waals surface area contributed by atoms with Gasteiger partial charge in [0.25, 0.3) is 11.5 Å². The summed E-state index contributed by atoms with van der Waals surface area (Å²) >= 11 is 0. The molecule has 0 atom stereocenters. The number of rotatable bonds is 3. The van der Waals surface area contributed by atoms with Crippen molar-refractivity contribution in [2.45, 2.75) is 6.92 Å². The molecule has 1 rings (SSSR count). The lowest BCUT2D eigenvalue weighted by Crippen LogP contribution is -2.32. The van der Waals surface area contributed by atoms with Crippen LogP contribution in [0, 0.1) is 6.92 Å². The Labute approximate surface area is 84.2 Å². The normalized spacial score (nSPS) is 9.67. The predicted octanol–water partition coefficient (Wildman–Crippen LogP) is -1.11. The molecule has 1 amide bonds. The van der Waals surface area contributed by atoms with Crippen LogP contribution >= 0.6 is 0 Å². The number of nitrogens with one attached hydrogen (secondary N) is 2. The van der Waals surface area contributed by atoms with E-state index >= 15 is 0 Å². The Kier molecular flexibility index (Phi) is 3.17. The summed E-state index contributed by atoms with van der Waals surface area (Å²) in [7, 11) is 0. The van der Waals surface area contributed by atoms with Gasteiger partial charge in [-0.3, -0.25) is 19.4 Å². The Balaban J connectivity index is 2.86. The fraction of sp³-hybridized carbons (Fsp3) is 0.250. The van der Waals surface area contributed by atoms with Crippen molar-refractivity contribution in [2.75, 3.05) is 6.54 Å². The summed E-state index contributed by atoms with van der Waals surface area (Å²) in [6.45, 7) is 1.03. The number of aliphatic carboxylic acids is 1. The first kappa shape index (κ1) is 10.9. The molecule has 0 radical (unpaired) electrons. The van der Waals surface area contributed by atoms with Gasteiger partial charge < -0.3 is 15.4 Å². The molecule has 0 aliphatic carbocycles. The number of carbonyl (C=O) groups is 2. The Morgan fingerprint density at radius 1 is 1.60 bits per heavy atom. The highest BCUT2D eigenvalue weighted by atomic mass is 16.4. The summed E-state index contributed by atoms with van der Waals surface area (Å²) in [5, 5.41) is 10.4. The van der Waals surface area contributed by atoms with E-state index in [1.807, 2.05) is 0 Å². The first-order valence-corrected chi connectivity index (χ1v) is 4.06. The van der Waals surface area contributed by atoms with Gasteiger partial charge in [-0.05, 0) is 6.92 Å². The number of H-pyrrole nitrogens is 1. The van der Waals surface area contributed by atoms with Crippen molar-refractivity contribution in [3.8, 4) is 0 Å². The van der Waals surface area contributed by atoms with Crippen LogP contribution < -0.4 is 10.9 Å². The molecule has 1 heterocycles. The third kappa shape index (κ3) is 2.90. The maximum absolute atomic E-state index is 11.3. The second-order valence-electron chi connectivity index (χ2n) is 2.78. The fourth-order valence-corrected chi connectivity index (χ4v) is 0.931. The van der Waals surface area contributed by atoms with Gasteiger partial charge in [0, 0.05) is 0 Å². The van der Waals surface area contributed by atoms with E-state index in [0.717, 1.165) is 6.20 Å². The average Bonchev–Trinajstić information content (AvgIpc) is 2.18. The van der Waals surface area contributed by atoms with Crippen LogP contribution in [0.3, 0.4) is 0 Å². The second-order valence-corrected chi connectivity index (χ2v) is 2.78. The molecule has 0 saturated carbocycles. The van der Waals surface area contributed by atoms with Gasteiger partial charge in [0.15, 0.2) is 0 Å². The minimum Gasteiger partial charge on any atom is -0.480 e. The summed E-state index contributed by atoms with van der Waals surface area (Å²) in [6, 6.07) is 0. The van der Waals surface area contributed by atoms with Gasteiger partial charge >= 0.3 is 5.97 Å². The van der Waals surface area contributed by atoms with E-state index in [4.69, 9.17) is 5.11 Å². The highest BCUT2D eigenvalue weighted by Crippen LogP contribution is 1.96. The lowest BCUT2D eigenvalue weighted by molar-refractivity contribution is -0.135. The number of aromatic nitrogens is 2. The molecule has 80 valence electrons. The largest absolute Gasteiger partial charge is 0.480 e. The SMILES string of the molecule is Cc1ncc(=O)[nH]c1C(=O)NCC(=O)O. The van der Waals surface area contributed by atoms with Crippen molar-refractivity contribution in [2.24, 2.45) is 0 Å². The lowest BCUT2D eigenvalue weighted by Gasteiger charge is -2.03.